The van der Waals surface area contributed by atoms with Gasteiger partial charge in [0, 0.05) is 25.9 Å². The van der Waals surface area contributed by atoms with Gasteiger partial charge in [-0.25, -0.2) is 0 Å². The van der Waals surface area contributed by atoms with Gasteiger partial charge in [-0.1, -0.05) is 38.2 Å². The lowest BCUT2D eigenvalue weighted by Gasteiger charge is -2.32. The summed E-state index contributed by atoms with van der Waals surface area (Å²) in [6.45, 7) is 10.7. The fourth-order valence-electron chi connectivity index (χ4n) is 4.41. The van der Waals surface area contributed by atoms with Gasteiger partial charge in [0.15, 0.2) is 0 Å². The zero-order valence-electron chi connectivity index (χ0n) is 22.0. The molecule has 0 spiro atoms. The van der Waals surface area contributed by atoms with Crippen molar-refractivity contribution < 1.29 is 38.7 Å². The van der Waals surface area contributed by atoms with Crippen molar-refractivity contribution in [3.8, 4) is 0 Å². The molecular formula is C27H42O8. The molecule has 1 fully saturated rings. The Bertz CT molecular complexity index is 814. The smallest absolute Gasteiger partial charge is 0.309 e. The highest BCUT2D eigenvalue weighted by atomic mass is 16.6. The van der Waals surface area contributed by atoms with Crippen LogP contribution < -0.4 is 0 Å². The molecule has 0 radical (unpaired) electrons. The first kappa shape index (κ1) is 29.2. The zero-order valence-corrected chi connectivity index (χ0v) is 22.0. The van der Waals surface area contributed by atoms with Gasteiger partial charge in [-0.15, -0.1) is 0 Å². The number of carbonyl (C=O) groups excluding carboxylic acids is 2. The first-order valence-corrected chi connectivity index (χ1v) is 12.3. The van der Waals surface area contributed by atoms with Crippen molar-refractivity contribution in [1.29, 1.82) is 0 Å². The Balaban J connectivity index is 2.24. The minimum Gasteiger partial charge on any atom is -0.457 e. The van der Waals surface area contributed by atoms with Gasteiger partial charge in [0.05, 0.1) is 24.7 Å². The third-order valence-electron chi connectivity index (χ3n) is 6.71. The van der Waals surface area contributed by atoms with Crippen LogP contribution in [0.1, 0.15) is 60.8 Å². The lowest BCUT2D eigenvalue weighted by Crippen LogP contribution is -2.42. The van der Waals surface area contributed by atoms with E-state index in [0.717, 1.165) is 5.57 Å². The Morgan fingerprint density at radius 2 is 1.94 bits per heavy atom. The topological polar surface area (TPSA) is 115 Å². The summed E-state index contributed by atoms with van der Waals surface area (Å²) in [5, 5.41) is 21.2. The van der Waals surface area contributed by atoms with Crippen molar-refractivity contribution in [3.63, 3.8) is 0 Å². The molecule has 0 amide bonds. The number of aliphatic hydroxyl groups excluding tert-OH is 1. The second kappa shape index (κ2) is 12.8. The molecule has 1 saturated heterocycles. The summed E-state index contributed by atoms with van der Waals surface area (Å²) in [5.41, 5.74) is -0.586. The molecule has 2 rings (SSSR count). The van der Waals surface area contributed by atoms with Crippen molar-refractivity contribution in [1.82, 2.24) is 0 Å². The molecule has 8 heteroatoms. The van der Waals surface area contributed by atoms with Gasteiger partial charge < -0.3 is 29.2 Å². The van der Waals surface area contributed by atoms with E-state index >= 15 is 0 Å². The number of rotatable bonds is 7. The van der Waals surface area contributed by atoms with Gasteiger partial charge in [0.1, 0.15) is 23.9 Å². The number of hydrogen-bond acceptors (Lipinski definition) is 8. The number of allylic oxidation sites excluding steroid dienone is 2. The number of epoxide rings is 1. The Labute approximate surface area is 209 Å². The molecule has 35 heavy (non-hydrogen) atoms. The Kier molecular flexibility index (Phi) is 10.7. The standard InChI is InChI=1S/C27H42O8/c1-16(9-8-10-17(2)25(32-7)26-19(4)33-26)24-18(3)11-12-22(34-20(5)28)27(6,31)14-13-21(29)15-23(30)35-24/h8-12,17-19,21-22,24-26,29,31H,13-15H2,1-7H3/b10-8+,12-11+,16-9+. The third kappa shape index (κ3) is 8.86. The van der Waals surface area contributed by atoms with Crippen LogP contribution in [0.15, 0.2) is 36.0 Å². The monoisotopic (exact) mass is 494 g/mol. The molecule has 9 atom stereocenters. The van der Waals surface area contributed by atoms with Crippen molar-refractivity contribution in [2.24, 2.45) is 11.8 Å². The molecule has 0 aromatic carbocycles. The molecule has 0 saturated carbocycles. The van der Waals surface area contributed by atoms with E-state index in [1.807, 2.05) is 39.0 Å². The number of ether oxygens (including phenoxy) is 4. The second-order valence-corrected chi connectivity index (χ2v) is 10.1. The van der Waals surface area contributed by atoms with Gasteiger partial charge in [0.25, 0.3) is 0 Å². The SMILES string of the molecule is COC(C(C)/C=C/C=C(\C)C1OC(=O)CC(O)CCC(C)(O)C(OC(C)=O)/C=C/C1C)C1OC1C. The number of esters is 2. The summed E-state index contributed by atoms with van der Waals surface area (Å²) >= 11 is 0. The number of methoxy groups -OCH3 is 1. The summed E-state index contributed by atoms with van der Waals surface area (Å²) in [5.74, 6) is -1.18. The van der Waals surface area contributed by atoms with E-state index in [2.05, 4.69) is 6.92 Å². The van der Waals surface area contributed by atoms with Gasteiger partial charge in [-0.3, -0.25) is 9.59 Å². The molecular weight excluding hydrogens is 452 g/mol. The van der Waals surface area contributed by atoms with Crippen LogP contribution in [0.4, 0.5) is 0 Å². The highest BCUT2D eigenvalue weighted by Gasteiger charge is 2.43. The fraction of sp³-hybridized carbons (Fsp3) is 0.704. The van der Waals surface area contributed by atoms with Crippen LogP contribution in [0.25, 0.3) is 0 Å². The van der Waals surface area contributed by atoms with E-state index in [0.29, 0.717) is 0 Å². The fourth-order valence-corrected chi connectivity index (χ4v) is 4.41. The number of cyclic esters (lactones) is 1. The van der Waals surface area contributed by atoms with Crippen LogP contribution in [0, 0.1) is 11.8 Å². The van der Waals surface area contributed by atoms with Crippen molar-refractivity contribution >= 4 is 11.9 Å². The van der Waals surface area contributed by atoms with Crippen LogP contribution in [-0.2, 0) is 28.5 Å². The van der Waals surface area contributed by atoms with Crippen molar-refractivity contribution in [2.45, 2.75) is 103 Å². The molecule has 0 bridgehead atoms. The van der Waals surface area contributed by atoms with Gasteiger partial charge >= 0.3 is 11.9 Å². The maximum Gasteiger partial charge on any atom is 0.309 e. The summed E-state index contributed by atoms with van der Waals surface area (Å²) in [4.78, 5) is 24.2. The van der Waals surface area contributed by atoms with Crippen LogP contribution in [0.5, 0.6) is 0 Å². The van der Waals surface area contributed by atoms with E-state index < -0.39 is 35.9 Å². The number of carbonyl (C=O) groups is 2. The van der Waals surface area contributed by atoms with E-state index in [9.17, 15) is 19.8 Å². The molecule has 198 valence electrons. The Hall–Kier alpha value is -2.00. The molecule has 2 N–H and O–H groups in total. The highest BCUT2D eigenvalue weighted by Crippen LogP contribution is 2.31. The van der Waals surface area contributed by atoms with Gasteiger partial charge in [-0.05, 0) is 45.3 Å². The summed E-state index contributed by atoms with van der Waals surface area (Å²) in [6.07, 6.45) is 7.16. The van der Waals surface area contributed by atoms with E-state index in [4.69, 9.17) is 18.9 Å². The first-order valence-electron chi connectivity index (χ1n) is 12.3. The van der Waals surface area contributed by atoms with E-state index in [-0.39, 0.29) is 49.4 Å². The summed E-state index contributed by atoms with van der Waals surface area (Å²) in [6, 6.07) is 0. The number of hydrogen-bond donors (Lipinski definition) is 2. The quantitative estimate of drug-likeness (QED) is 0.240. The largest absolute Gasteiger partial charge is 0.457 e. The average Bonchev–Trinajstić information content (AvgIpc) is 3.48. The van der Waals surface area contributed by atoms with Crippen LogP contribution >= 0.6 is 0 Å². The van der Waals surface area contributed by atoms with Crippen molar-refractivity contribution in [3.05, 3.63) is 36.0 Å². The minimum absolute atomic E-state index is 0.0385. The first-order chi connectivity index (χ1) is 16.4. The lowest BCUT2D eigenvalue weighted by molar-refractivity contribution is -0.157. The molecule has 0 aromatic heterocycles. The predicted octanol–water partition coefficient (Wildman–Crippen LogP) is 3.26. The average molecular weight is 495 g/mol. The van der Waals surface area contributed by atoms with E-state index in [1.165, 1.54) is 6.92 Å². The summed E-state index contributed by atoms with van der Waals surface area (Å²) < 4.78 is 22.3. The molecule has 8 nitrogen and oxygen atoms in total. The Morgan fingerprint density at radius 1 is 1.29 bits per heavy atom. The highest BCUT2D eigenvalue weighted by molar-refractivity contribution is 5.70. The maximum absolute atomic E-state index is 12.6. The van der Waals surface area contributed by atoms with Crippen molar-refractivity contribution in [2.75, 3.05) is 7.11 Å². The molecule has 2 aliphatic rings. The second-order valence-electron chi connectivity index (χ2n) is 10.1. The molecule has 2 aliphatic heterocycles. The predicted molar refractivity (Wildman–Crippen MR) is 131 cm³/mol. The Morgan fingerprint density at radius 3 is 2.51 bits per heavy atom. The molecule has 9 unspecified atom stereocenters. The van der Waals surface area contributed by atoms with E-state index in [1.54, 1.807) is 26.2 Å². The van der Waals surface area contributed by atoms with Crippen LogP contribution in [0.3, 0.4) is 0 Å². The molecule has 2 heterocycles. The number of aliphatic hydroxyl groups is 2. The summed E-state index contributed by atoms with van der Waals surface area (Å²) in [7, 11) is 1.68. The normalized spacial score (nSPS) is 37.5. The third-order valence-corrected chi connectivity index (χ3v) is 6.71. The van der Waals surface area contributed by atoms with Crippen LogP contribution in [-0.4, -0.2) is 71.5 Å². The molecule has 0 aliphatic carbocycles. The van der Waals surface area contributed by atoms with Gasteiger partial charge in [-0.2, -0.15) is 0 Å². The maximum atomic E-state index is 12.6. The minimum atomic E-state index is -1.40. The molecule has 0 aromatic rings. The van der Waals surface area contributed by atoms with Crippen LogP contribution in [0.2, 0.25) is 0 Å². The zero-order chi connectivity index (χ0) is 26.3. The lowest BCUT2D eigenvalue weighted by atomic mass is 9.88. The van der Waals surface area contributed by atoms with Gasteiger partial charge in [0.2, 0.25) is 0 Å².